The molecule has 0 radical (unpaired) electrons. The van der Waals surface area contributed by atoms with Gasteiger partial charge in [-0.1, -0.05) is 6.92 Å². The topological polar surface area (TPSA) is 17.1 Å². The van der Waals surface area contributed by atoms with Gasteiger partial charge < -0.3 is 0 Å². The Morgan fingerprint density at radius 1 is 1.40 bits per heavy atom. The smallest absolute Gasteiger partial charge is 0.263 e. The molecule has 2 heteroatoms. The van der Waals surface area contributed by atoms with Gasteiger partial charge in [0.15, 0.2) is 0 Å². The lowest BCUT2D eigenvalue weighted by Crippen LogP contribution is -2.50. The van der Waals surface area contributed by atoms with Crippen LogP contribution in [0.4, 0.5) is 0 Å². The molecule has 0 rings (SSSR count). The van der Waals surface area contributed by atoms with Crippen molar-refractivity contribution < 1.29 is 9.28 Å². The highest BCUT2D eigenvalue weighted by molar-refractivity contribution is 5.68. The van der Waals surface area contributed by atoms with Crippen molar-refractivity contribution in [3.05, 3.63) is 0 Å². The van der Waals surface area contributed by atoms with Gasteiger partial charge in [0.05, 0.1) is 26.6 Å². The molecule has 0 aromatic heterocycles. The Kier molecular flexibility index (Phi) is 3.03. The van der Waals surface area contributed by atoms with Crippen molar-refractivity contribution in [1.29, 1.82) is 0 Å². The molecule has 0 aromatic rings. The van der Waals surface area contributed by atoms with E-state index in [0.717, 1.165) is 0 Å². The molecule has 0 heterocycles. The molecule has 1 amide bonds. The molecule has 0 fully saturated rings. The standard InChI is InChI=1S/C8H18NO/c1-6-8(10)9(4,5)7(2)3/h7H,6H2,1-5H3/q+1. The van der Waals surface area contributed by atoms with Crippen LogP contribution in [0.2, 0.25) is 0 Å². The summed E-state index contributed by atoms with van der Waals surface area (Å²) in [5, 5.41) is 0. The number of carbonyl (C=O) groups is 1. The minimum Gasteiger partial charge on any atom is -0.263 e. The molecule has 0 unspecified atom stereocenters. The third kappa shape index (κ3) is 1.81. The molecule has 0 spiro atoms. The highest BCUT2D eigenvalue weighted by Crippen LogP contribution is 2.07. The summed E-state index contributed by atoms with van der Waals surface area (Å²) in [4.78, 5) is 11.2. The summed E-state index contributed by atoms with van der Waals surface area (Å²) in [6, 6.07) is 0.382. The molecule has 2 nitrogen and oxygen atoms in total. The number of amides is 1. The van der Waals surface area contributed by atoms with Crippen LogP contribution in [0.15, 0.2) is 0 Å². The lowest BCUT2D eigenvalue weighted by Gasteiger charge is -2.30. The molecule has 0 saturated carbocycles. The van der Waals surface area contributed by atoms with Gasteiger partial charge in [-0.3, -0.25) is 4.48 Å². The summed E-state index contributed by atoms with van der Waals surface area (Å²) in [5.41, 5.74) is 0. The largest absolute Gasteiger partial charge is 0.313 e. The maximum Gasteiger partial charge on any atom is 0.313 e. The maximum absolute atomic E-state index is 11.2. The zero-order valence-corrected chi connectivity index (χ0v) is 7.64. The van der Waals surface area contributed by atoms with Gasteiger partial charge in [-0.05, 0) is 13.8 Å². The fourth-order valence-electron chi connectivity index (χ4n) is 0.695. The predicted octanol–water partition coefficient (Wildman–Crippen LogP) is 1.41. The van der Waals surface area contributed by atoms with Crippen LogP contribution in [0.25, 0.3) is 0 Å². The Hall–Kier alpha value is -0.370. The van der Waals surface area contributed by atoms with Crippen molar-refractivity contribution in [3.8, 4) is 0 Å². The first-order chi connectivity index (χ1) is 4.42. The Morgan fingerprint density at radius 2 is 1.80 bits per heavy atom. The van der Waals surface area contributed by atoms with Gasteiger partial charge in [-0.15, -0.1) is 0 Å². The zero-order chi connectivity index (χ0) is 8.36. The zero-order valence-electron chi connectivity index (χ0n) is 7.64. The minimum atomic E-state index is 0.301. The van der Waals surface area contributed by atoms with Crippen molar-refractivity contribution in [2.24, 2.45) is 0 Å². The average molecular weight is 144 g/mol. The van der Waals surface area contributed by atoms with Crippen LogP contribution in [-0.2, 0) is 4.79 Å². The quantitative estimate of drug-likeness (QED) is 0.535. The van der Waals surface area contributed by atoms with Crippen molar-refractivity contribution in [3.63, 3.8) is 0 Å². The van der Waals surface area contributed by atoms with Gasteiger partial charge in [0, 0.05) is 0 Å². The van der Waals surface area contributed by atoms with Crippen LogP contribution in [-0.4, -0.2) is 30.5 Å². The second kappa shape index (κ2) is 3.15. The van der Waals surface area contributed by atoms with Gasteiger partial charge >= 0.3 is 5.91 Å². The van der Waals surface area contributed by atoms with Gasteiger partial charge in [0.2, 0.25) is 0 Å². The first-order valence-electron chi connectivity index (χ1n) is 3.80. The number of quaternary nitrogens is 1. The molecule has 0 bridgehead atoms. The Bertz CT molecular complexity index is 127. The number of hydrogen-bond acceptors (Lipinski definition) is 1. The molecule has 0 atom stereocenters. The van der Waals surface area contributed by atoms with Gasteiger partial charge in [-0.2, -0.15) is 0 Å². The molecule has 0 N–H and O–H groups in total. The summed E-state index contributed by atoms with van der Waals surface area (Å²) < 4.78 is 0.497. The highest BCUT2D eigenvalue weighted by atomic mass is 16.2. The molecule has 0 saturated heterocycles. The van der Waals surface area contributed by atoms with Crippen molar-refractivity contribution in [1.82, 2.24) is 0 Å². The number of rotatable bonds is 2. The van der Waals surface area contributed by atoms with Gasteiger partial charge in [0.1, 0.15) is 0 Å². The summed E-state index contributed by atoms with van der Waals surface area (Å²) in [7, 11) is 3.91. The van der Waals surface area contributed by atoms with E-state index in [1.54, 1.807) is 0 Å². The lowest BCUT2D eigenvalue weighted by atomic mass is 10.2. The fraction of sp³-hybridized carbons (Fsp3) is 0.875. The third-order valence-electron chi connectivity index (χ3n) is 2.24. The maximum atomic E-state index is 11.2. The summed E-state index contributed by atoms with van der Waals surface area (Å²) in [6.07, 6.45) is 0.630. The van der Waals surface area contributed by atoms with Crippen LogP contribution in [0.1, 0.15) is 27.2 Å². The number of nitrogens with zero attached hydrogens (tertiary/aromatic N) is 1. The molecule has 0 aliphatic rings. The summed E-state index contributed by atoms with van der Waals surface area (Å²) >= 11 is 0. The SMILES string of the molecule is CCC(=O)[N+](C)(C)C(C)C. The van der Waals surface area contributed by atoms with Crippen LogP contribution in [0.3, 0.4) is 0 Å². The second-order valence-corrected chi connectivity index (χ2v) is 3.38. The van der Waals surface area contributed by atoms with E-state index in [2.05, 4.69) is 13.8 Å². The van der Waals surface area contributed by atoms with Crippen molar-refractivity contribution in [2.75, 3.05) is 14.1 Å². The van der Waals surface area contributed by atoms with E-state index in [4.69, 9.17) is 0 Å². The second-order valence-electron chi connectivity index (χ2n) is 3.38. The first-order valence-corrected chi connectivity index (χ1v) is 3.80. The highest BCUT2D eigenvalue weighted by Gasteiger charge is 2.27. The minimum absolute atomic E-state index is 0.301. The van der Waals surface area contributed by atoms with E-state index < -0.39 is 0 Å². The van der Waals surface area contributed by atoms with Crippen LogP contribution in [0, 0.1) is 0 Å². The molecular weight excluding hydrogens is 126 g/mol. The van der Waals surface area contributed by atoms with Gasteiger partial charge in [-0.25, -0.2) is 4.79 Å². The van der Waals surface area contributed by atoms with E-state index in [9.17, 15) is 4.79 Å². The van der Waals surface area contributed by atoms with Crippen LogP contribution >= 0.6 is 0 Å². The van der Waals surface area contributed by atoms with Crippen molar-refractivity contribution >= 4 is 5.91 Å². The number of carbonyl (C=O) groups excluding carboxylic acids is 1. The Labute approximate surface area is 63.4 Å². The lowest BCUT2D eigenvalue weighted by molar-refractivity contribution is -0.836. The first kappa shape index (κ1) is 9.63. The molecule has 0 aliphatic heterocycles. The fourth-order valence-corrected chi connectivity index (χ4v) is 0.695. The summed E-state index contributed by atoms with van der Waals surface area (Å²) in [6.45, 7) is 6.03. The molecular formula is C8H18NO+. The molecule has 60 valence electrons. The predicted molar refractivity (Wildman–Crippen MR) is 42.5 cm³/mol. The van der Waals surface area contributed by atoms with E-state index in [0.29, 0.717) is 22.9 Å². The Balaban J connectivity index is 4.24. The van der Waals surface area contributed by atoms with Gasteiger partial charge in [0.25, 0.3) is 0 Å². The Morgan fingerprint density at radius 3 is 1.90 bits per heavy atom. The van der Waals surface area contributed by atoms with Crippen LogP contribution in [0.5, 0.6) is 0 Å². The third-order valence-corrected chi connectivity index (χ3v) is 2.24. The van der Waals surface area contributed by atoms with E-state index >= 15 is 0 Å². The van der Waals surface area contributed by atoms with E-state index in [-0.39, 0.29) is 0 Å². The molecule has 0 aromatic carbocycles. The normalized spacial score (nSPS) is 12.2. The average Bonchev–Trinajstić information content (AvgIpc) is 1.86. The summed E-state index contributed by atoms with van der Waals surface area (Å²) in [5.74, 6) is 0.301. The van der Waals surface area contributed by atoms with Crippen LogP contribution < -0.4 is 0 Å². The molecule has 0 aliphatic carbocycles. The van der Waals surface area contributed by atoms with Crippen molar-refractivity contribution in [2.45, 2.75) is 33.2 Å². The van der Waals surface area contributed by atoms with E-state index in [1.165, 1.54) is 0 Å². The monoisotopic (exact) mass is 144 g/mol. The molecule has 10 heavy (non-hydrogen) atoms. The van der Waals surface area contributed by atoms with E-state index in [1.807, 2.05) is 21.0 Å². The number of hydrogen-bond donors (Lipinski definition) is 0.